The standard InChI is InChI=1S/C14H10Br2F2O2/c15-10-9(6-3-4-8(19)12(18)11(6)17)7-2-1-5-14(7,16)13(10)20/h3-4,7,19H,1-2,5H2. The summed E-state index contributed by atoms with van der Waals surface area (Å²) in [5.41, 5.74) is 0.523. The number of rotatable bonds is 1. The molecular formula is C14H10Br2F2O2. The van der Waals surface area contributed by atoms with E-state index in [9.17, 15) is 18.7 Å². The molecule has 1 N–H and O–H groups in total. The van der Waals surface area contributed by atoms with Crippen molar-refractivity contribution in [2.24, 2.45) is 5.92 Å². The van der Waals surface area contributed by atoms with Gasteiger partial charge >= 0.3 is 0 Å². The SMILES string of the molecule is O=C1C(Br)=C(c2ccc(O)c(F)c2F)C2CCCC12Br. The number of fused-ring (bicyclic) bond motifs is 1. The van der Waals surface area contributed by atoms with Gasteiger partial charge < -0.3 is 5.11 Å². The highest BCUT2D eigenvalue weighted by atomic mass is 79.9. The monoisotopic (exact) mass is 406 g/mol. The maximum Gasteiger partial charge on any atom is 0.200 e. The van der Waals surface area contributed by atoms with Gasteiger partial charge in [-0.2, -0.15) is 4.39 Å². The summed E-state index contributed by atoms with van der Waals surface area (Å²) < 4.78 is 27.2. The Morgan fingerprint density at radius 2 is 2.00 bits per heavy atom. The summed E-state index contributed by atoms with van der Waals surface area (Å²) in [5, 5.41) is 9.20. The summed E-state index contributed by atoms with van der Waals surface area (Å²) in [5.74, 6) is -3.43. The molecule has 0 bridgehead atoms. The number of carbonyl (C=O) groups excluding carboxylic acids is 1. The van der Waals surface area contributed by atoms with Gasteiger partial charge in [-0.1, -0.05) is 22.4 Å². The number of allylic oxidation sites excluding steroid dienone is 2. The van der Waals surface area contributed by atoms with Gasteiger partial charge in [-0.25, -0.2) is 4.39 Å². The first-order chi connectivity index (χ1) is 9.38. The van der Waals surface area contributed by atoms with E-state index in [1.807, 2.05) is 0 Å². The minimum atomic E-state index is -1.28. The van der Waals surface area contributed by atoms with Crippen molar-refractivity contribution in [3.05, 3.63) is 33.8 Å². The number of Topliss-reactive ketones (excluding diaryl/α,β-unsaturated/α-hetero) is 1. The van der Waals surface area contributed by atoms with E-state index < -0.39 is 21.7 Å². The molecule has 1 aromatic rings. The van der Waals surface area contributed by atoms with Gasteiger partial charge in [0.1, 0.15) is 0 Å². The van der Waals surface area contributed by atoms with Crippen molar-refractivity contribution in [1.82, 2.24) is 0 Å². The fourth-order valence-electron chi connectivity index (χ4n) is 3.12. The third-order valence-electron chi connectivity index (χ3n) is 4.10. The lowest BCUT2D eigenvalue weighted by molar-refractivity contribution is -0.116. The molecule has 1 fully saturated rings. The fourth-order valence-corrected chi connectivity index (χ4v) is 5.17. The molecule has 1 saturated carbocycles. The highest BCUT2D eigenvalue weighted by Gasteiger charge is 2.55. The van der Waals surface area contributed by atoms with Crippen molar-refractivity contribution in [3.8, 4) is 5.75 Å². The van der Waals surface area contributed by atoms with Crippen LogP contribution >= 0.6 is 31.9 Å². The molecule has 2 atom stereocenters. The van der Waals surface area contributed by atoms with E-state index in [0.29, 0.717) is 16.5 Å². The van der Waals surface area contributed by atoms with Gasteiger partial charge in [0.05, 0.1) is 8.81 Å². The molecular weight excluding hydrogens is 398 g/mol. The number of aromatic hydroxyl groups is 1. The predicted octanol–water partition coefficient (Wildman–Crippen LogP) is 4.29. The van der Waals surface area contributed by atoms with E-state index in [0.717, 1.165) is 18.9 Å². The van der Waals surface area contributed by atoms with Crippen LogP contribution in [0.2, 0.25) is 0 Å². The molecule has 2 aliphatic carbocycles. The van der Waals surface area contributed by atoms with Gasteiger partial charge in [0, 0.05) is 11.5 Å². The van der Waals surface area contributed by atoms with Crippen molar-refractivity contribution in [2.75, 3.05) is 0 Å². The summed E-state index contributed by atoms with van der Waals surface area (Å²) in [6, 6.07) is 2.42. The second-order valence-corrected chi connectivity index (χ2v) is 7.33. The number of carbonyl (C=O) groups is 1. The first kappa shape index (κ1) is 14.2. The van der Waals surface area contributed by atoms with Crippen LogP contribution in [0.25, 0.3) is 5.57 Å². The first-order valence-corrected chi connectivity index (χ1v) is 7.77. The minimum absolute atomic E-state index is 0.0359. The van der Waals surface area contributed by atoms with E-state index in [4.69, 9.17) is 0 Å². The highest BCUT2D eigenvalue weighted by Crippen LogP contribution is 2.58. The predicted molar refractivity (Wildman–Crippen MR) is 77.9 cm³/mol. The van der Waals surface area contributed by atoms with E-state index in [1.165, 1.54) is 6.07 Å². The van der Waals surface area contributed by atoms with E-state index >= 15 is 0 Å². The van der Waals surface area contributed by atoms with Gasteiger partial charge in [-0.3, -0.25) is 4.79 Å². The topological polar surface area (TPSA) is 37.3 Å². The summed E-state index contributed by atoms with van der Waals surface area (Å²) >= 11 is 6.71. The van der Waals surface area contributed by atoms with Gasteiger partial charge in [0.15, 0.2) is 17.3 Å². The van der Waals surface area contributed by atoms with Crippen LogP contribution in [0.4, 0.5) is 8.78 Å². The van der Waals surface area contributed by atoms with Crippen LogP contribution in [0.5, 0.6) is 5.75 Å². The zero-order chi connectivity index (χ0) is 14.7. The lowest BCUT2D eigenvalue weighted by Crippen LogP contribution is -2.30. The van der Waals surface area contributed by atoms with Crippen LogP contribution in [0.1, 0.15) is 24.8 Å². The van der Waals surface area contributed by atoms with Crippen LogP contribution in [-0.2, 0) is 4.79 Å². The molecule has 106 valence electrons. The number of alkyl halides is 1. The smallest absolute Gasteiger partial charge is 0.200 e. The quantitative estimate of drug-likeness (QED) is 0.705. The summed E-state index contributed by atoms with van der Waals surface area (Å²) in [6.07, 6.45) is 2.27. The molecule has 3 rings (SSSR count). The Bertz CT molecular complexity index is 657. The van der Waals surface area contributed by atoms with Crippen molar-refractivity contribution >= 4 is 43.2 Å². The van der Waals surface area contributed by atoms with E-state index in [1.54, 1.807) is 0 Å². The average Bonchev–Trinajstić information content (AvgIpc) is 2.87. The molecule has 0 aromatic heterocycles. The summed E-state index contributed by atoms with van der Waals surface area (Å²) in [6.45, 7) is 0. The number of phenols is 1. The zero-order valence-corrected chi connectivity index (χ0v) is 13.4. The van der Waals surface area contributed by atoms with Crippen LogP contribution in [-0.4, -0.2) is 15.2 Å². The largest absolute Gasteiger partial charge is 0.505 e. The van der Waals surface area contributed by atoms with Crippen molar-refractivity contribution in [1.29, 1.82) is 0 Å². The Kier molecular flexibility index (Phi) is 3.29. The molecule has 0 aliphatic heterocycles. The number of hydrogen-bond acceptors (Lipinski definition) is 2. The molecule has 6 heteroatoms. The second kappa shape index (κ2) is 4.63. The Labute approximate surface area is 131 Å². The van der Waals surface area contributed by atoms with Crippen LogP contribution < -0.4 is 0 Å². The number of hydrogen-bond donors (Lipinski definition) is 1. The van der Waals surface area contributed by atoms with Gasteiger partial charge in [0.2, 0.25) is 5.82 Å². The lowest BCUT2D eigenvalue weighted by atomic mass is 9.89. The first-order valence-electron chi connectivity index (χ1n) is 6.18. The zero-order valence-electron chi connectivity index (χ0n) is 10.2. The molecule has 20 heavy (non-hydrogen) atoms. The molecule has 2 nitrogen and oxygen atoms in total. The third kappa shape index (κ3) is 1.73. The Hall–Kier alpha value is -0.750. The average molecular weight is 408 g/mol. The molecule has 2 aliphatic rings. The summed E-state index contributed by atoms with van der Waals surface area (Å²) in [7, 11) is 0. The highest BCUT2D eigenvalue weighted by molar-refractivity contribution is 9.12. The lowest BCUT2D eigenvalue weighted by Gasteiger charge is -2.22. The molecule has 0 spiro atoms. The van der Waals surface area contributed by atoms with Crippen molar-refractivity contribution < 1.29 is 18.7 Å². The fraction of sp³-hybridized carbons (Fsp3) is 0.357. The summed E-state index contributed by atoms with van der Waals surface area (Å²) in [4.78, 5) is 12.3. The van der Waals surface area contributed by atoms with E-state index in [2.05, 4.69) is 31.9 Å². The maximum absolute atomic E-state index is 14.1. The van der Waals surface area contributed by atoms with Gasteiger partial charge in [-0.15, -0.1) is 0 Å². The molecule has 0 heterocycles. The Morgan fingerprint density at radius 1 is 1.30 bits per heavy atom. The van der Waals surface area contributed by atoms with Crippen molar-refractivity contribution in [3.63, 3.8) is 0 Å². The number of phenolic OH excluding ortho intramolecular Hbond substituents is 1. The van der Waals surface area contributed by atoms with Crippen molar-refractivity contribution in [2.45, 2.75) is 23.6 Å². The van der Waals surface area contributed by atoms with Crippen LogP contribution in [0.15, 0.2) is 16.6 Å². The number of halogens is 4. The van der Waals surface area contributed by atoms with Gasteiger partial charge in [0.25, 0.3) is 0 Å². The third-order valence-corrected chi connectivity index (χ3v) is 6.20. The minimum Gasteiger partial charge on any atom is -0.505 e. The number of ketones is 1. The molecule has 0 amide bonds. The van der Waals surface area contributed by atoms with E-state index in [-0.39, 0.29) is 17.3 Å². The Morgan fingerprint density at radius 3 is 2.70 bits per heavy atom. The number of benzene rings is 1. The second-order valence-electron chi connectivity index (χ2n) is 5.12. The van der Waals surface area contributed by atoms with Gasteiger partial charge in [-0.05, 0) is 46.5 Å². The van der Waals surface area contributed by atoms with Crippen LogP contribution in [0.3, 0.4) is 0 Å². The molecule has 2 unspecified atom stereocenters. The molecule has 0 radical (unpaired) electrons. The van der Waals surface area contributed by atoms with Crippen LogP contribution in [0, 0.1) is 17.6 Å². The maximum atomic E-state index is 14.1. The Balaban J connectivity index is 2.20. The molecule has 0 saturated heterocycles. The normalized spacial score (nSPS) is 29.2. The molecule has 1 aromatic carbocycles.